The molecule has 1 aliphatic rings. The summed E-state index contributed by atoms with van der Waals surface area (Å²) >= 11 is 0. The van der Waals surface area contributed by atoms with E-state index in [9.17, 15) is 8.42 Å². The van der Waals surface area contributed by atoms with Crippen molar-refractivity contribution in [3.05, 3.63) is 29.8 Å². The van der Waals surface area contributed by atoms with Crippen molar-refractivity contribution >= 4 is 9.84 Å². The molecule has 1 unspecified atom stereocenters. The first kappa shape index (κ1) is 14.5. The van der Waals surface area contributed by atoms with Crippen LogP contribution in [0.2, 0.25) is 0 Å². The maximum atomic E-state index is 12.0. The van der Waals surface area contributed by atoms with Gasteiger partial charge < -0.3 is 15.2 Å². The number of nitrogens with one attached hydrogen (secondary N) is 1. The van der Waals surface area contributed by atoms with Crippen LogP contribution in [0.1, 0.15) is 18.0 Å². The van der Waals surface area contributed by atoms with Crippen molar-refractivity contribution in [2.45, 2.75) is 17.4 Å². The number of ether oxygens (including phenoxy) is 1. The molecule has 0 spiro atoms. The molecule has 5 nitrogen and oxygen atoms in total. The Morgan fingerprint density at radius 1 is 1.32 bits per heavy atom. The number of benzene rings is 1. The molecule has 2 N–H and O–H groups in total. The molecule has 6 heteroatoms. The normalized spacial score (nSPS) is 21.0. The van der Waals surface area contributed by atoms with E-state index in [0.717, 1.165) is 5.56 Å². The van der Waals surface area contributed by atoms with Crippen molar-refractivity contribution in [2.24, 2.45) is 0 Å². The molecular formula is C13H19NO4S. The van der Waals surface area contributed by atoms with Gasteiger partial charge in [0.15, 0.2) is 9.84 Å². The second-order valence-corrected chi connectivity index (χ2v) is 6.57. The van der Waals surface area contributed by atoms with E-state index in [2.05, 4.69) is 5.32 Å². The van der Waals surface area contributed by atoms with Gasteiger partial charge >= 0.3 is 0 Å². The van der Waals surface area contributed by atoms with Crippen LogP contribution in [-0.2, 0) is 14.6 Å². The molecule has 0 fully saturated rings. The highest BCUT2D eigenvalue weighted by atomic mass is 32.2. The highest BCUT2D eigenvalue weighted by Crippen LogP contribution is 2.31. The molecule has 0 aliphatic carbocycles. The zero-order chi connectivity index (χ0) is 13.7. The van der Waals surface area contributed by atoms with Crippen molar-refractivity contribution in [3.8, 4) is 0 Å². The predicted octanol–water partition coefficient (Wildman–Crippen LogP) is 0.504. The van der Waals surface area contributed by atoms with Gasteiger partial charge in [-0.1, -0.05) is 18.2 Å². The minimum atomic E-state index is -3.12. The second-order valence-electron chi connectivity index (χ2n) is 4.49. The highest BCUT2D eigenvalue weighted by molar-refractivity contribution is 7.91. The summed E-state index contributed by atoms with van der Waals surface area (Å²) < 4.78 is 29.1. The third-order valence-corrected chi connectivity index (χ3v) is 4.99. The van der Waals surface area contributed by atoms with E-state index in [-0.39, 0.29) is 18.4 Å². The van der Waals surface area contributed by atoms with Crippen LogP contribution in [0.15, 0.2) is 29.2 Å². The molecule has 0 amide bonds. The lowest BCUT2D eigenvalue weighted by atomic mass is 10.0. The fraction of sp³-hybridized carbons (Fsp3) is 0.538. The summed E-state index contributed by atoms with van der Waals surface area (Å²) in [6.45, 7) is 1.49. The monoisotopic (exact) mass is 285 g/mol. The van der Waals surface area contributed by atoms with Gasteiger partial charge in [-0.15, -0.1) is 0 Å². The van der Waals surface area contributed by atoms with Gasteiger partial charge in [-0.25, -0.2) is 8.42 Å². The van der Waals surface area contributed by atoms with Gasteiger partial charge in [0.2, 0.25) is 0 Å². The Kier molecular flexibility index (Phi) is 4.93. The molecular weight excluding hydrogens is 266 g/mol. The summed E-state index contributed by atoms with van der Waals surface area (Å²) in [4.78, 5) is 0.440. The summed E-state index contributed by atoms with van der Waals surface area (Å²) in [7, 11) is -3.12. The summed E-state index contributed by atoms with van der Waals surface area (Å²) in [5, 5.41) is 11.9. The summed E-state index contributed by atoms with van der Waals surface area (Å²) in [6.07, 6.45) is 0.583. The average molecular weight is 285 g/mol. The van der Waals surface area contributed by atoms with E-state index in [1.54, 1.807) is 12.1 Å². The standard InChI is InChI=1S/C13H19NO4S/c15-7-9-18-8-6-14-12-5-10-19(16,17)13-4-2-1-3-11(12)13/h1-4,12,14-15H,5-10H2. The van der Waals surface area contributed by atoms with Gasteiger partial charge in [0, 0.05) is 12.6 Å². The highest BCUT2D eigenvalue weighted by Gasteiger charge is 2.29. The maximum absolute atomic E-state index is 12.0. The number of hydrogen-bond donors (Lipinski definition) is 2. The molecule has 0 saturated heterocycles. The second kappa shape index (κ2) is 6.47. The van der Waals surface area contributed by atoms with E-state index < -0.39 is 9.84 Å². The van der Waals surface area contributed by atoms with E-state index in [1.165, 1.54) is 0 Å². The zero-order valence-corrected chi connectivity index (χ0v) is 11.5. The minimum Gasteiger partial charge on any atom is -0.394 e. The third-order valence-electron chi connectivity index (χ3n) is 3.18. The Bertz CT molecular complexity index is 515. The van der Waals surface area contributed by atoms with Gasteiger partial charge in [-0.05, 0) is 18.1 Å². The van der Waals surface area contributed by atoms with Crippen molar-refractivity contribution in [1.82, 2.24) is 5.32 Å². The molecule has 0 aromatic heterocycles. The Morgan fingerprint density at radius 3 is 2.89 bits per heavy atom. The van der Waals surface area contributed by atoms with Crippen LogP contribution in [0.25, 0.3) is 0 Å². The fourth-order valence-corrected chi connectivity index (χ4v) is 3.90. The Labute approximate surface area is 113 Å². The van der Waals surface area contributed by atoms with Gasteiger partial charge in [0.25, 0.3) is 0 Å². The molecule has 0 saturated carbocycles. The van der Waals surface area contributed by atoms with Crippen LogP contribution < -0.4 is 5.32 Å². The first-order valence-corrected chi connectivity index (χ1v) is 8.04. The van der Waals surface area contributed by atoms with Crippen LogP contribution in [0.4, 0.5) is 0 Å². The molecule has 19 heavy (non-hydrogen) atoms. The van der Waals surface area contributed by atoms with E-state index in [0.29, 0.717) is 31.1 Å². The number of aliphatic hydroxyl groups excluding tert-OH is 1. The molecule has 0 radical (unpaired) electrons. The minimum absolute atomic E-state index is 0.0184. The topological polar surface area (TPSA) is 75.6 Å². The Balaban J connectivity index is 2.00. The number of rotatable bonds is 6. The maximum Gasteiger partial charge on any atom is 0.178 e. The molecule has 1 heterocycles. The SMILES string of the molecule is O=S1(=O)CCC(NCCOCCO)c2ccccc21. The molecule has 1 aromatic rings. The van der Waals surface area contributed by atoms with Gasteiger partial charge in [-0.2, -0.15) is 0 Å². The van der Waals surface area contributed by atoms with Gasteiger partial charge in [0.1, 0.15) is 0 Å². The lowest BCUT2D eigenvalue weighted by Gasteiger charge is -2.26. The van der Waals surface area contributed by atoms with Crippen molar-refractivity contribution in [1.29, 1.82) is 0 Å². The molecule has 1 aromatic carbocycles. The Hall–Kier alpha value is -0.950. The van der Waals surface area contributed by atoms with Gasteiger partial charge in [-0.3, -0.25) is 0 Å². The van der Waals surface area contributed by atoms with E-state index in [1.807, 2.05) is 12.1 Å². The van der Waals surface area contributed by atoms with Crippen molar-refractivity contribution in [2.75, 3.05) is 32.1 Å². The van der Waals surface area contributed by atoms with E-state index >= 15 is 0 Å². The first-order chi connectivity index (χ1) is 9.15. The summed E-state index contributed by atoms with van der Waals surface area (Å²) in [5.74, 6) is 0.180. The third kappa shape index (κ3) is 3.54. The van der Waals surface area contributed by atoms with Crippen LogP contribution in [0.3, 0.4) is 0 Å². The van der Waals surface area contributed by atoms with Crippen LogP contribution >= 0.6 is 0 Å². The lowest BCUT2D eigenvalue weighted by Crippen LogP contribution is -2.31. The van der Waals surface area contributed by atoms with E-state index in [4.69, 9.17) is 9.84 Å². The number of sulfone groups is 1. The largest absolute Gasteiger partial charge is 0.394 e. The molecule has 106 valence electrons. The smallest absolute Gasteiger partial charge is 0.178 e. The van der Waals surface area contributed by atoms with Gasteiger partial charge in [0.05, 0.1) is 30.5 Å². The fourth-order valence-electron chi connectivity index (χ4n) is 2.27. The summed E-state index contributed by atoms with van der Waals surface area (Å²) in [5.41, 5.74) is 0.843. The number of aliphatic hydroxyl groups is 1. The Morgan fingerprint density at radius 2 is 2.11 bits per heavy atom. The molecule has 1 atom stereocenters. The molecule has 1 aliphatic heterocycles. The number of fused-ring (bicyclic) bond motifs is 1. The van der Waals surface area contributed by atoms with Crippen LogP contribution in [0.5, 0.6) is 0 Å². The van der Waals surface area contributed by atoms with Crippen molar-refractivity contribution in [3.63, 3.8) is 0 Å². The number of hydrogen-bond acceptors (Lipinski definition) is 5. The first-order valence-electron chi connectivity index (χ1n) is 6.39. The zero-order valence-electron chi connectivity index (χ0n) is 10.7. The molecule has 0 bridgehead atoms. The lowest BCUT2D eigenvalue weighted by molar-refractivity contribution is 0.0924. The summed E-state index contributed by atoms with van der Waals surface area (Å²) in [6, 6.07) is 7.19. The predicted molar refractivity (Wildman–Crippen MR) is 71.8 cm³/mol. The van der Waals surface area contributed by atoms with Crippen LogP contribution in [-0.4, -0.2) is 45.6 Å². The van der Waals surface area contributed by atoms with Crippen molar-refractivity contribution < 1.29 is 18.3 Å². The molecule has 2 rings (SSSR count). The quantitative estimate of drug-likeness (QED) is 0.745. The average Bonchev–Trinajstić information content (AvgIpc) is 2.41. The van der Waals surface area contributed by atoms with Crippen LogP contribution in [0, 0.1) is 0 Å².